The van der Waals surface area contributed by atoms with E-state index in [0.29, 0.717) is 11.4 Å². The van der Waals surface area contributed by atoms with Crippen LogP contribution in [0.15, 0.2) is 6.20 Å². The molecule has 6 heteroatoms. The third kappa shape index (κ3) is 2.53. The molecule has 1 aromatic heterocycles. The number of hydrogen-bond donors (Lipinski definition) is 1. The second kappa shape index (κ2) is 5.06. The van der Waals surface area contributed by atoms with E-state index in [1.54, 1.807) is 0 Å². The molecule has 2 rings (SSSR count). The Balaban J connectivity index is 2.04. The first kappa shape index (κ1) is 13.0. The summed E-state index contributed by atoms with van der Waals surface area (Å²) in [6.07, 6.45) is 2.43. The van der Waals surface area contributed by atoms with Crippen LogP contribution in [0.2, 0.25) is 0 Å². The van der Waals surface area contributed by atoms with Crippen molar-refractivity contribution in [3.63, 3.8) is 0 Å². The molecule has 2 amide bonds. The molecule has 1 fully saturated rings. The van der Waals surface area contributed by atoms with Crippen molar-refractivity contribution in [3.05, 3.63) is 16.1 Å². The molecule has 1 aliphatic heterocycles. The number of carbonyl (C=O) groups is 2. The average Bonchev–Trinajstić information content (AvgIpc) is 2.96. The van der Waals surface area contributed by atoms with E-state index in [9.17, 15) is 9.59 Å². The summed E-state index contributed by atoms with van der Waals surface area (Å²) in [5, 5.41) is 0.905. The molecular weight excluding hydrogens is 250 g/mol. The van der Waals surface area contributed by atoms with Crippen molar-refractivity contribution < 1.29 is 9.59 Å². The number of amides is 2. The van der Waals surface area contributed by atoms with Crippen LogP contribution in [-0.4, -0.2) is 34.8 Å². The number of primary amides is 1. The number of carbonyl (C=O) groups excluding carboxylic acids is 2. The van der Waals surface area contributed by atoms with Gasteiger partial charge in [0.1, 0.15) is 4.88 Å². The summed E-state index contributed by atoms with van der Waals surface area (Å²) in [5.74, 6) is 0.0167. The number of nitrogens with two attached hydrogens (primary N) is 1. The van der Waals surface area contributed by atoms with Crippen molar-refractivity contribution in [1.29, 1.82) is 0 Å². The molecule has 1 aromatic rings. The average molecular weight is 267 g/mol. The van der Waals surface area contributed by atoms with Gasteiger partial charge in [-0.3, -0.25) is 9.59 Å². The molecule has 1 saturated heterocycles. The molecule has 1 aliphatic rings. The van der Waals surface area contributed by atoms with Gasteiger partial charge in [-0.15, -0.1) is 11.3 Å². The second-order valence-corrected chi connectivity index (χ2v) is 5.91. The summed E-state index contributed by atoms with van der Waals surface area (Å²) in [6, 6.07) is 0. The monoisotopic (exact) mass is 267 g/mol. The van der Waals surface area contributed by atoms with Crippen LogP contribution < -0.4 is 5.73 Å². The van der Waals surface area contributed by atoms with Crippen molar-refractivity contribution in [3.8, 4) is 0 Å². The summed E-state index contributed by atoms with van der Waals surface area (Å²) in [5.41, 5.74) is 5.21. The topological polar surface area (TPSA) is 76.3 Å². The van der Waals surface area contributed by atoms with E-state index in [1.807, 2.05) is 18.7 Å². The Hall–Kier alpha value is -1.43. The third-order valence-electron chi connectivity index (χ3n) is 3.11. The van der Waals surface area contributed by atoms with E-state index in [0.717, 1.165) is 18.0 Å². The summed E-state index contributed by atoms with van der Waals surface area (Å²) in [6.45, 7) is 5.28. The van der Waals surface area contributed by atoms with Gasteiger partial charge < -0.3 is 10.6 Å². The molecule has 5 nitrogen and oxygen atoms in total. The fourth-order valence-electron chi connectivity index (χ4n) is 2.12. The number of aromatic nitrogens is 1. The Morgan fingerprint density at radius 2 is 2.28 bits per heavy atom. The summed E-state index contributed by atoms with van der Waals surface area (Å²) in [4.78, 5) is 29.5. The lowest BCUT2D eigenvalue weighted by molar-refractivity contribution is -0.133. The Kier molecular flexibility index (Phi) is 3.65. The van der Waals surface area contributed by atoms with E-state index < -0.39 is 5.91 Å². The maximum atomic E-state index is 11.9. The van der Waals surface area contributed by atoms with Crippen LogP contribution >= 0.6 is 11.3 Å². The lowest BCUT2D eigenvalue weighted by Crippen LogP contribution is -2.31. The van der Waals surface area contributed by atoms with Gasteiger partial charge in [0.05, 0.1) is 11.2 Å². The summed E-state index contributed by atoms with van der Waals surface area (Å²) < 4.78 is 0. The smallest absolute Gasteiger partial charge is 0.260 e. The first-order valence-corrected chi connectivity index (χ1v) is 6.85. The quantitative estimate of drug-likeness (QED) is 0.894. The number of thiazole rings is 1. The lowest BCUT2D eigenvalue weighted by Gasteiger charge is -2.18. The van der Waals surface area contributed by atoms with Crippen LogP contribution in [0.4, 0.5) is 0 Å². The van der Waals surface area contributed by atoms with Crippen LogP contribution in [0, 0.1) is 5.92 Å². The van der Waals surface area contributed by atoms with Crippen LogP contribution in [0.25, 0.3) is 0 Å². The first-order chi connectivity index (χ1) is 8.49. The van der Waals surface area contributed by atoms with Gasteiger partial charge in [0.15, 0.2) is 0 Å². The highest BCUT2D eigenvalue weighted by atomic mass is 32.1. The van der Waals surface area contributed by atoms with Gasteiger partial charge in [-0.05, 0) is 6.42 Å². The maximum Gasteiger partial charge on any atom is 0.260 e. The molecule has 0 aliphatic carbocycles. The summed E-state index contributed by atoms with van der Waals surface area (Å²) in [7, 11) is 0. The minimum Gasteiger partial charge on any atom is -0.365 e. The van der Waals surface area contributed by atoms with E-state index in [-0.39, 0.29) is 17.7 Å². The summed E-state index contributed by atoms with van der Waals surface area (Å²) >= 11 is 1.34. The van der Waals surface area contributed by atoms with Crippen LogP contribution in [0.1, 0.15) is 40.9 Å². The van der Waals surface area contributed by atoms with Crippen molar-refractivity contribution >= 4 is 23.2 Å². The molecule has 0 bridgehead atoms. The van der Waals surface area contributed by atoms with Gasteiger partial charge in [0.2, 0.25) is 5.91 Å². The molecule has 18 heavy (non-hydrogen) atoms. The zero-order chi connectivity index (χ0) is 13.3. The van der Waals surface area contributed by atoms with E-state index in [2.05, 4.69) is 4.98 Å². The minimum absolute atomic E-state index is 0.0289. The fourth-order valence-corrected chi connectivity index (χ4v) is 3.01. The van der Waals surface area contributed by atoms with E-state index in [4.69, 9.17) is 5.73 Å². The molecule has 0 spiro atoms. The molecule has 2 heterocycles. The van der Waals surface area contributed by atoms with Gasteiger partial charge in [-0.1, -0.05) is 13.8 Å². The van der Waals surface area contributed by atoms with Crippen LogP contribution in [0.5, 0.6) is 0 Å². The van der Waals surface area contributed by atoms with Crippen LogP contribution in [-0.2, 0) is 4.79 Å². The highest BCUT2D eigenvalue weighted by molar-refractivity contribution is 7.13. The number of rotatable bonds is 3. The maximum absolute atomic E-state index is 11.9. The molecule has 98 valence electrons. The van der Waals surface area contributed by atoms with Crippen molar-refractivity contribution in [1.82, 2.24) is 9.88 Å². The van der Waals surface area contributed by atoms with Gasteiger partial charge >= 0.3 is 0 Å². The highest BCUT2D eigenvalue weighted by Gasteiger charge is 2.30. The molecule has 0 radical (unpaired) electrons. The minimum atomic E-state index is -0.438. The van der Waals surface area contributed by atoms with Gasteiger partial charge in [-0.2, -0.15) is 0 Å². The molecule has 2 N–H and O–H groups in total. The predicted octanol–water partition coefficient (Wildman–Crippen LogP) is 1.21. The lowest BCUT2D eigenvalue weighted by atomic mass is 10.1. The molecule has 0 unspecified atom stereocenters. The predicted molar refractivity (Wildman–Crippen MR) is 69.4 cm³/mol. The third-order valence-corrected chi connectivity index (χ3v) is 4.28. The zero-order valence-corrected chi connectivity index (χ0v) is 11.4. The van der Waals surface area contributed by atoms with Crippen molar-refractivity contribution in [2.45, 2.75) is 26.2 Å². The van der Waals surface area contributed by atoms with E-state index in [1.165, 1.54) is 17.5 Å². The first-order valence-electron chi connectivity index (χ1n) is 6.03. The van der Waals surface area contributed by atoms with Crippen molar-refractivity contribution in [2.75, 3.05) is 13.1 Å². The Morgan fingerprint density at radius 1 is 1.56 bits per heavy atom. The number of hydrogen-bond acceptors (Lipinski definition) is 4. The molecule has 1 atom stereocenters. The highest BCUT2D eigenvalue weighted by Crippen LogP contribution is 2.30. The molecular formula is C12H17N3O2S. The fraction of sp³-hybridized carbons (Fsp3) is 0.583. The normalized spacial score (nSPS) is 19.5. The van der Waals surface area contributed by atoms with Gasteiger partial charge in [0, 0.05) is 24.9 Å². The Morgan fingerprint density at radius 3 is 2.83 bits per heavy atom. The molecule has 0 saturated carbocycles. The Bertz CT molecular complexity index is 470. The zero-order valence-electron chi connectivity index (χ0n) is 10.5. The largest absolute Gasteiger partial charge is 0.365 e. The van der Waals surface area contributed by atoms with Crippen molar-refractivity contribution in [2.24, 2.45) is 11.7 Å². The van der Waals surface area contributed by atoms with Gasteiger partial charge in [0.25, 0.3) is 5.91 Å². The SMILES string of the molecule is CC(C)C(=O)N1CC[C@@H](c2ncc(C(N)=O)s2)C1. The number of nitrogens with zero attached hydrogens (tertiary/aromatic N) is 2. The second-order valence-electron chi connectivity index (χ2n) is 4.85. The van der Waals surface area contributed by atoms with E-state index >= 15 is 0 Å². The van der Waals surface area contributed by atoms with Gasteiger partial charge in [-0.25, -0.2) is 4.98 Å². The van der Waals surface area contributed by atoms with Crippen LogP contribution in [0.3, 0.4) is 0 Å². The standard InChI is InChI=1S/C12H17N3O2S/c1-7(2)12(17)15-4-3-8(6-15)11-14-5-9(18-11)10(13)16/h5,7-8H,3-4,6H2,1-2H3,(H2,13,16)/t8-/m1/s1. The molecule has 0 aromatic carbocycles. The number of likely N-dealkylation sites (tertiary alicyclic amines) is 1. The Labute approximate surface area is 110 Å².